The molecule has 38 heavy (non-hydrogen) atoms. The Kier molecular flexibility index (Phi) is 6.44. The Labute approximate surface area is 223 Å². The van der Waals surface area contributed by atoms with Gasteiger partial charge in [-0.1, -0.05) is 18.2 Å². The second-order valence-corrected chi connectivity index (χ2v) is 13.1. The second-order valence-electron chi connectivity index (χ2n) is 13.1. The Morgan fingerprint density at radius 3 is 1.92 bits per heavy atom. The zero-order valence-electron chi connectivity index (χ0n) is 23.7. The van der Waals surface area contributed by atoms with Crippen LogP contribution in [0.3, 0.4) is 0 Å². The predicted molar refractivity (Wildman–Crippen MR) is 140 cm³/mol. The molecule has 1 saturated heterocycles. The van der Waals surface area contributed by atoms with E-state index in [2.05, 4.69) is 4.98 Å². The fraction of sp³-hybridized carbons (Fsp3) is 0.586. The summed E-state index contributed by atoms with van der Waals surface area (Å²) in [5.41, 5.74) is -3.47. The fourth-order valence-electron chi connectivity index (χ4n) is 5.35. The molecule has 4 rings (SSSR count). The van der Waals surface area contributed by atoms with Crippen LogP contribution in [0.1, 0.15) is 86.0 Å². The Morgan fingerprint density at radius 2 is 1.39 bits per heavy atom. The monoisotopic (exact) mass is 526 g/mol. The minimum Gasteiger partial charge on any atom is -0.459 e. The van der Waals surface area contributed by atoms with Crippen LogP contribution in [-0.2, 0) is 34.0 Å². The van der Waals surface area contributed by atoms with E-state index in [1.54, 1.807) is 80.5 Å². The Bertz CT molecular complexity index is 1270. The number of nitrogens with one attached hydrogen (secondary N) is 1. The number of H-pyrrole nitrogens is 1. The number of carbonyl (C=O) groups excluding carboxylic acids is 4. The van der Waals surface area contributed by atoms with Gasteiger partial charge in [0.15, 0.2) is 5.78 Å². The lowest BCUT2D eigenvalue weighted by Gasteiger charge is -2.49. The molecule has 1 aliphatic carbocycles. The summed E-state index contributed by atoms with van der Waals surface area (Å²) in [6.45, 7) is 15.6. The molecule has 1 aromatic carbocycles. The summed E-state index contributed by atoms with van der Waals surface area (Å²) in [5, 5.41) is 0.631. The molecule has 2 atom stereocenters. The number of ether oxygens (including phenoxy) is 3. The maximum absolute atomic E-state index is 14.3. The van der Waals surface area contributed by atoms with Crippen LogP contribution >= 0.6 is 0 Å². The second kappa shape index (κ2) is 8.85. The summed E-state index contributed by atoms with van der Waals surface area (Å²) in [6.07, 6.45) is -0.574. The summed E-state index contributed by atoms with van der Waals surface area (Å²) in [5.74, 6) is -3.23. The molecule has 9 nitrogen and oxygen atoms in total. The molecule has 1 amide bonds. The van der Waals surface area contributed by atoms with Gasteiger partial charge in [0.25, 0.3) is 0 Å². The van der Waals surface area contributed by atoms with Crippen molar-refractivity contribution in [2.45, 2.75) is 97.0 Å². The van der Waals surface area contributed by atoms with Crippen LogP contribution in [0.2, 0.25) is 0 Å². The van der Waals surface area contributed by atoms with Crippen molar-refractivity contribution in [2.24, 2.45) is 5.92 Å². The van der Waals surface area contributed by atoms with Crippen LogP contribution in [0.4, 0.5) is 4.79 Å². The number of nitrogens with zero attached hydrogens (tertiary/aromatic N) is 1. The van der Waals surface area contributed by atoms with Crippen LogP contribution in [-0.4, -0.2) is 57.0 Å². The number of esters is 2. The fourth-order valence-corrected chi connectivity index (χ4v) is 5.35. The van der Waals surface area contributed by atoms with Crippen molar-refractivity contribution in [3.63, 3.8) is 0 Å². The number of carbonyl (C=O) groups is 4. The average Bonchev–Trinajstić information content (AvgIpc) is 3.09. The van der Waals surface area contributed by atoms with Gasteiger partial charge in [0, 0.05) is 23.0 Å². The zero-order chi connectivity index (χ0) is 28.4. The summed E-state index contributed by atoms with van der Waals surface area (Å²) in [4.78, 5) is 60.5. The SMILES string of the molecule is CC(C)(C)OC(=O)N1CCC2C(=O)C1c1c([nH]c3ccccc13)C2(C(=O)OC(C)(C)C)C(=O)OC(C)(C)C. The van der Waals surface area contributed by atoms with E-state index in [1.807, 2.05) is 6.07 Å². The number of ketones is 1. The van der Waals surface area contributed by atoms with E-state index in [4.69, 9.17) is 14.2 Å². The van der Waals surface area contributed by atoms with Gasteiger partial charge in [0.05, 0.1) is 11.6 Å². The van der Waals surface area contributed by atoms with Crippen molar-refractivity contribution < 1.29 is 33.4 Å². The Hall–Kier alpha value is -3.36. The van der Waals surface area contributed by atoms with Gasteiger partial charge in [-0.15, -0.1) is 0 Å². The summed E-state index contributed by atoms with van der Waals surface area (Å²) < 4.78 is 17.3. The molecule has 0 spiro atoms. The number of fused-ring (bicyclic) bond motifs is 6. The highest BCUT2D eigenvalue weighted by atomic mass is 16.6. The maximum Gasteiger partial charge on any atom is 0.411 e. The number of aromatic nitrogens is 1. The largest absolute Gasteiger partial charge is 0.459 e. The van der Waals surface area contributed by atoms with Crippen molar-refractivity contribution in [3.8, 4) is 0 Å². The first-order chi connectivity index (χ1) is 17.4. The first-order valence-electron chi connectivity index (χ1n) is 13.0. The summed E-state index contributed by atoms with van der Waals surface area (Å²) >= 11 is 0. The van der Waals surface area contributed by atoms with Crippen LogP contribution in [0, 0.1) is 5.92 Å². The van der Waals surface area contributed by atoms with E-state index in [1.165, 1.54) is 4.90 Å². The third kappa shape index (κ3) is 4.67. The van der Waals surface area contributed by atoms with E-state index in [-0.39, 0.29) is 18.7 Å². The molecule has 206 valence electrons. The molecule has 2 aromatic rings. The van der Waals surface area contributed by atoms with E-state index in [9.17, 15) is 19.2 Å². The molecule has 2 bridgehead atoms. The lowest BCUT2D eigenvalue weighted by molar-refractivity contribution is -0.185. The lowest BCUT2D eigenvalue weighted by atomic mass is 9.60. The highest BCUT2D eigenvalue weighted by Gasteiger charge is 2.68. The van der Waals surface area contributed by atoms with Crippen molar-refractivity contribution in [3.05, 3.63) is 35.5 Å². The van der Waals surface area contributed by atoms with E-state index >= 15 is 0 Å². The Morgan fingerprint density at radius 1 is 0.868 bits per heavy atom. The Balaban J connectivity index is 2.02. The molecular weight excluding hydrogens is 488 g/mol. The highest BCUT2D eigenvalue weighted by molar-refractivity contribution is 6.16. The van der Waals surface area contributed by atoms with E-state index < -0.39 is 58.0 Å². The van der Waals surface area contributed by atoms with Crippen LogP contribution in [0.15, 0.2) is 24.3 Å². The molecule has 0 saturated carbocycles. The molecule has 2 unspecified atom stereocenters. The lowest BCUT2D eigenvalue weighted by Crippen LogP contribution is -2.64. The van der Waals surface area contributed by atoms with E-state index in [0.717, 1.165) is 0 Å². The van der Waals surface area contributed by atoms with Gasteiger partial charge in [-0.2, -0.15) is 0 Å². The smallest absolute Gasteiger partial charge is 0.411 e. The van der Waals surface area contributed by atoms with Gasteiger partial charge in [-0.05, 0) is 74.8 Å². The van der Waals surface area contributed by atoms with Crippen molar-refractivity contribution in [1.29, 1.82) is 0 Å². The third-order valence-electron chi connectivity index (χ3n) is 6.59. The average molecular weight is 527 g/mol. The summed E-state index contributed by atoms with van der Waals surface area (Å²) in [6, 6.07) is 6.18. The molecular formula is C29H38N2O7. The van der Waals surface area contributed by atoms with Gasteiger partial charge in [0.2, 0.25) is 5.41 Å². The van der Waals surface area contributed by atoms with Crippen LogP contribution in [0.25, 0.3) is 10.9 Å². The number of benzene rings is 1. The number of aromatic amines is 1. The van der Waals surface area contributed by atoms with Gasteiger partial charge in [-0.25, -0.2) is 4.79 Å². The van der Waals surface area contributed by atoms with Crippen molar-refractivity contribution >= 4 is 34.7 Å². The topological polar surface area (TPSA) is 115 Å². The molecule has 1 aromatic heterocycles. The minimum absolute atomic E-state index is 0.0574. The zero-order valence-corrected chi connectivity index (χ0v) is 23.7. The summed E-state index contributed by atoms with van der Waals surface area (Å²) in [7, 11) is 0. The number of likely N-dealkylation sites (tertiary alicyclic amines) is 1. The number of hydrogen-bond acceptors (Lipinski definition) is 7. The van der Waals surface area contributed by atoms with Gasteiger partial charge >= 0.3 is 18.0 Å². The quantitative estimate of drug-likeness (QED) is 0.334. The number of amides is 1. The number of Topliss-reactive ketones (excluding diaryl/α,β-unsaturated/α-hetero) is 1. The normalized spacial score (nSPS) is 21.1. The standard InChI is InChI=1S/C29H38N2O7/c1-26(2,3)36-23(33)29(24(34)37-27(4,5)6)17-14-15-31(25(35)38-28(7,8)9)20(21(17)32)19-16-12-10-11-13-18(16)30-22(19)29/h10-13,17,20,30H,14-15H2,1-9H3. The highest BCUT2D eigenvalue weighted by Crippen LogP contribution is 2.54. The van der Waals surface area contributed by atoms with Crippen molar-refractivity contribution in [2.75, 3.05) is 6.54 Å². The minimum atomic E-state index is -2.07. The number of piperidine rings is 1. The van der Waals surface area contributed by atoms with Gasteiger partial charge < -0.3 is 19.2 Å². The molecule has 1 fully saturated rings. The number of hydrogen-bond donors (Lipinski definition) is 1. The third-order valence-corrected chi connectivity index (χ3v) is 6.59. The van der Waals surface area contributed by atoms with Gasteiger partial charge in [0.1, 0.15) is 22.8 Å². The van der Waals surface area contributed by atoms with Crippen LogP contribution in [0.5, 0.6) is 0 Å². The van der Waals surface area contributed by atoms with Gasteiger partial charge in [-0.3, -0.25) is 19.3 Å². The molecule has 2 aliphatic rings. The number of para-hydroxylation sites is 1. The molecule has 9 heteroatoms. The van der Waals surface area contributed by atoms with Crippen LogP contribution < -0.4 is 0 Å². The van der Waals surface area contributed by atoms with Crippen molar-refractivity contribution in [1.82, 2.24) is 9.88 Å². The molecule has 1 N–H and O–H groups in total. The first kappa shape index (κ1) is 27.7. The molecule has 0 radical (unpaired) electrons. The van der Waals surface area contributed by atoms with E-state index in [0.29, 0.717) is 16.5 Å². The molecule has 2 heterocycles. The maximum atomic E-state index is 14.3. The molecule has 1 aliphatic heterocycles. The first-order valence-corrected chi connectivity index (χ1v) is 13.0. The predicted octanol–water partition coefficient (Wildman–Crippen LogP) is 4.97. The number of rotatable bonds is 2.